The van der Waals surface area contributed by atoms with Crippen LogP contribution in [0.5, 0.6) is 0 Å². The van der Waals surface area contributed by atoms with Gasteiger partial charge in [0, 0.05) is 24.8 Å². The lowest BCUT2D eigenvalue weighted by atomic mass is 10.2. The van der Waals surface area contributed by atoms with Gasteiger partial charge in [-0.15, -0.1) is 0 Å². The van der Waals surface area contributed by atoms with Crippen molar-refractivity contribution in [3.63, 3.8) is 0 Å². The Morgan fingerprint density at radius 2 is 1.52 bits per heavy atom. The summed E-state index contributed by atoms with van der Waals surface area (Å²) in [5.41, 5.74) is -2.63. The van der Waals surface area contributed by atoms with Crippen molar-refractivity contribution in [2.24, 2.45) is 0 Å². The molecule has 1 saturated heterocycles. The van der Waals surface area contributed by atoms with Crippen LogP contribution in [0.4, 0.5) is 32.3 Å². The first-order valence-corrected chi connectivity index (χ1v) is 8.78. The quantitative estimate of drug-likeness (QED) is 0.624. The molecule has 0 spiro atoms. The highest BCUT2D eigenvalue weighted by Gasteiger charge is 2.34. The summed E-state index contributed by atoms with van der Waals surface area (Å²) >= 11 is 0. The Labute approximate surface area is 170 Å². The Kier molecular flexibility index (Phi) is 5.00. The molecule has 3 aromatic rings. The zero-order chi connectivity index (χ0) is 22.4. The van der Waals surface area contributed by atoms with Crippen molar-refractivity contribution >= 4 is 5.95 Å². The second-order valence-corrected chi connectivity index (χ2v) is 6.67. The minimum Gasteiger partial charge on any atom is -0.389 e. The monoisotopic (exact) mass is 442 g/mol. The van der Waals surface area contributed by atoms with Crippen LogP contribution < -0.4 is 4.90 Å². The second-order valence-electron chi connectivity index (χ2n) is 6.67. The summed E-state index contributed by atoms with van der Waals surface area (Å²) < 4.78 is 78.2. The molecule has 0 unspecified atom stereocenters. The third kappa shape index (κ3) is 4.40. The largest absolute Gasteiger partial charge is 0.433 e. The minimum atomic E-state index is -4.71. The Morgan fingerprint density at radius 1 is 0.839 bits per heavy atom. The molecule has 1 fully saturated rings. The molecule has 1 N–H and O–H groups in total. The number of aromatic nitrogens is 5. The van der Waals surface area contributed by atoms with Crippen molar-refractivity contribution in [2.45, 2.75) is 18.5 Å². The fourth-order valence-electron chi connectivity index (χ4n) is 2.81. The van der Waals surface area contributed by atoms with Gasteiger partial charge in [0.25, 0.3) is 0 Å². The van der Waals surface area contributed by atoms with Crippen LogP contribution in [0.15, 0.2) is 36.5 Å². The number of alkyl halides is 6. The van der Waals surface area contributed by atoms with Crippen molar-refractivity contribution in [2.75, 3.05) is 18.0 Å². The lowest BCUT2D eigenvalue weighted by Gasteiger charge is -2.35. The second kappa shape index (κ2) is 7.41. The number of β-amino-alcohol motifs (C(OH)–C–C–N with tert-alkyl or cyclic N) is 1. The van der Waals surface area contributed by atoms with Gasteiger partial charge >= 0.3 is 12.4 Å². The summed E-state index contributed by atoms with van der Waals surface area (Å²) in [6.45, 7) is 0.312. The standard InChI is InChI=1S/C18H12F6N6O/c19-17(20,21)12-3-1-2-11(26-12)15-27-14(28-16(29-15)30-7-10(31)8-30)9-4-5-25-13(6-9)18(22,23)24/h1-6,10,31H,7-8H2. The number of nitrogens with zero attached hydrogens (tertiary/aromatic N) is 6. The number of hydrogen-bond donors (Lipinski definition) is 1. The maximum atomic E-state index is 13.0. The van der Waals surface area contributed by atoms with Crippen LogP contribution in [0, 0.1) is 0 Å². The molecule has 31 heavy (non-hydrogen) atoms. The summed E-state index contributed by atoms with van der Waals surface area (Å²) in [4.78, 5) is 20.6. The van der Waals surface area contributed by atoms with E-state index in [0.29, 0.717) is 0 Å². The van der Waals surface area contributed by atoms with Crippen LogP contribution in [0.25, 0.3) is 22.9 Å². The third-order valence-corrected chi connectivity index (χ3v) is 4.35. The van der Waals surface area contributed by atoms with Crippen LogP contribution in [0.1, 0.15) is 11.4 Å². The molecule has 0 aliphatic carbocycles. The van der Waals surface area contributed by atoms with Gasteiger partial charge in [0.15, 0.2) is 11.6 Å². The number of pyridine rings is 2. The van der Waals surface area contributed by atoms with E-state index in [9.17, 15) is 31.4 Å². The predicted octanol–water partition coefficient (Wildman–Crippen LogP) is 3.21. The number of hydrogen-bond acceptors (Lipinski definition) is 7. The molecule has 1 aliphatic rings. The molecule has 0 saturated carbocycles. The molecule has 0 amide bonds. The number of halogens is 6. The summed E-state index contributed by atoms with van der Waals surface area (Å²) in [6, 6.07) is 5.11. The normalized spacial score (nSPS) is 15.1. The van der Waals surface area contributed by atoms with Gasteiger partial charge in [-0.25, -0.2) is 9.97 Å². The van der Waals surface area contributed by atoms with Crippen LogP contribution in [-0.2, 0) is 12.4 Å². The predicted molar refractivity (Wildman–Crippen MR) is 94.5 cm³/mol. The Hall–Kier alpha value is -3.35. The van der Waals surface area contributed by atoms with Crippen molar-refractivity contribution in [3.8, 4) is 22.9 Å². The molecule has 0 aromatic carbocycles. The molecular formula is C18H12F6N6O. The molecule has 162 valence electrons. The number of anilines is 1. The fourth-order valence-corrected chi connectivity index (χ4v) is 2.81. The SMILES string of the molecule is OC1CN(c2nc(-c3ccnc(C(F)(F)F)c3)nc(-c3cccc(C(F)(F)F)n3)n2)C1. The third-order valence-electron chi connectivity index (χ3n) is 4.35. The van der Waals surface area contributed by atoms with E-state index in [4.69, 9.17) is 0 Å². The number of aliphatic hydroxyl groups is 1. The van der Waals surface area contributed by atoms with Gasteiger partial charge < -0.3 is 10.0 Å². The molecule has 4 heterocycles. The summed E-state index contributed by atoms with van der Waals surface area (Å²) in [5, 5.41) is 9.52. The number of aliphatic hydroxyl groups excluding tert-OH is 1. The molecule has 3 aromatic heterocycles. The van der Waals surface area contributed by atoms with E-state index in [1.54, 1.807) is 0 Å². The average molecular weight is 442 g/mol. The highest BCUT2D eigenvalue weighted by molar-refractivity contribution is 5.62. The molecule has 4 rings (SSSR count). The summed E-state index contributed by atoms with van der Waals surface area (Å²) in [7, 11) is 0. The van der Waals surface area contributed by atoms with Crippen LogP contribution >= 0.6 is 0 Å². The lowest BCUT2D eigenvalue weighted by Crippen LogP contribution is -2.51. The van der Waals surface area contributed by atoms with Crippen LogP contribution in [-0.4, -0.2) is 49.2 Å². The molecule has 0 radical (unpaired) electrons. The fraction of sp³-hybridized carbons (Fsp3) is 0.278. The van der Waals surface area contributed by atoms with Gasteiger partial charge in [-0.1, -0.05) is 6.07 Å². The molecule has 1 aliphatic heterocycles. The molecule has 0 bridgehead atoms. The maximum Gasteiger partial charge on any atom is 0.433 e. The zero-order valence-electron chi connectivity index (χ0n) is 15.4. The van der Waals surface area contributed by atoms with Crippen LogP contribution in [0.2, 0.25) is 0 Å². The first-order valence-electron chi connectivity index (χ1n) is 8.78. The summed E-state index contributed by atoms with van der Waals surface area (Å²) in [5.74, 6) is -0.457. The van der Waals surface area contributed by atoms with E-state index >= 15 is 0 Å². The highest BCUT2D eigenvalue weighted by Crippen LogP contribution is 2.32. The number of rotatable bonds is 3. The topological polar surface area (TPSA) is 87.9 Å². The highest BCUT2D eigenvalue weighted by atomic mass is 19.4. The van der Waals surface area contributed by atoms with E-state index in [0.717, 1.165) is 24.4 Å². The van der Waals surface area contributed by atoms with Gasteiger partial charge in [0.05, 0.1) is 6.10 Å². The van der Waals surface area contributed by atoms with E-state index in [1.165, 1.54) is 17.0 Å². The molecular weight excluding hydrogens is 430 g/mol. The van der Waals surface area contributed by atoms with E-state index in [2.05, 4.69) is 24.9 Å². The first-order chi connectivity index (χ1) is 14.5. The Balaban J connectivity index is 1.83. The first kappa shape index (κ1) is 20.9. The van der Waals surface area contributed by atoms with Crippen molar-refractivity contribution in [3.05, 3.63) is 47.9 Å². The smallest absolute Gasteiger partial charge is 0.389 e. The van der Waals surface area contributed by atoms with Crippen molar-refractivity contribution in [1.82, 2.24) is 24.9 Å². The van der Waals surface area contributed by atoms with E-state index < -0.39 is 29.8 Å². The minimum absolute atomic E-state index is 0.00474. The van der Waals surface area contributed by atoms with Gasteiger partial charge in [-0.2, -0.15) is 36.3 Å². The Morgan fingerprint density at radius 3 is 2.16 bits per heavy atom. The molecule has 7 nitrogen and oxygen atoms in total. The van der Waals surface area contributed by atoms with Crippen LogP contribution in [0.3, 0.4) is 0 Å². The van der Waals surface area contributed by atoms with Gasteiger partial charge in [-0.3, -0.25) is 4.98 Å². The van der Waals surface area contributed by atoms with E-state index in [1.807, 2.05) is 0 Å². The van der Waals surface area contributed by atoms with Gasteiger partial charge in [-0.05, 0) is 24.3 Å². The zero-order valence-corrected chi connectivity index (χ0v) is 15.4. The average Bonchev–Trinajstić information content (AvgIpc) is 2.70. The Bertz CT molecular complexity index is 1040. The molecule has 13 heteroatoms. The van der Waals surface area contributed by atoms with Gasteiger partial charge in [0.1, 0.15) is 17.1 Å². The van der Waals surface area contributed by atoms with Crippen molar-refractivity contribution in [1.29, 1.82) is 0 Å². The maximum absolute atomic E-state index is 13.0. The molecule has 0 atom stereocenters. The van der Waals surface area contributed by atoms with Gasteiger partial charge in [0.2, 0.25) is 5.95 Å². The lowest BCUT2D eigenvalue weighted by molar-refractivity contribution is -0.141. The van der Waals surface area contributed by atoms with E-state index in [-0.39, 0.29) is 41.9 Å². The van der Waals surface area contributed by atoms with Crippen molar-refractivity contribution < 1.29 is 31.4 Å². The summed E-state index contributed by atoms with van der Waals surface area (Å²) in [6.07, 6.45) is -9.13.